The molecule has 0 aliphatic carbocycles. The number of aliphatic imine (C=N–C) groups is 1. The van der Waals surface area contributed by atoms with Gasteiger partial charge in [0.1, 0.15) is 5.75 Å². The second-order valence-electron chi connectivity index (χ2n) is 6.64. The van der Waals surface area contributed by atoms with Crippen LogP contribution in [0.3, 0.4) is 0 Å². The van der Waals surface area contributed by atoms with Crippen LogP contribution in [0.5, 0.6) is 5.75 Å². The van der Waals surface area contributed by atoms with E-state index in [-0.39, 0.29) is 24.0 Å². The van der Waals surface area contributed by atoms with Crippen molar-refractivity contribution in [3.8, 4) is 5.75 Å². The Bertz CT molecular complexity index is 516. The third-order valence-electron chi connectivity index (χ3n) is 4.71. The van der Waals surface area contributed by atoms with Crippen LogP contribution in [0.15, 0.2) is 29.3 Å². The number of methoxy groups -OCH3 is 1. The highest BCUT2D eigenvalue weighted by molar-refractivity contribution is 14.0. The Balaban J connectivity index is 0.00000338. The molecule has 5 nitrogen and oxygen atoms in total. The molecule has 6 heteroatoms. The molecular formula is C20H35IN4O. The van der Waals surface area contributed by atoms with Gasteiger partial charge in [-0.25, -0.2) is 0 Å². The maximum atomic E-state index is 5.27. The first-order chi connectivity index (χ1) is 12.3. The van der Waals surface area contributed by atoms with Crippen molar-refractivity contribution in [1.29, 1.82) is 0 Å². The van der Waals surface area contributed by atoms with Crippen LogP contribution in [0.2, 0.25) is 0 Å². The lowest BCUT2D eigenvalue weighted by molar-refractivity contribution is 0.282. The van der Waals surface area contributed by atoms with Gasteiger partial charge in [0.15, 0.2) is 5.96 Å². The minimum atomic E-state index is 0. The molecular weight excluding hydrogens is 439 g/mol. The van der Waals surface area contributed by atoms with Crippen LogP contribution in [0.25, 0.3) is 0 Å². The van der Waals surface area contributed by atoms with Gasteiger partial charge in [-0.3, -0.25) is 4.99 Å². The summed E-state index contributed by atoms with van der Waals surface area (Å²) in [5, 5.41) is 6.81. The number of halogens is 1. The number of ether oxygens (including phenoxy) is 1. The van der Waals surface area contributed by atoms with Crippen LogP contribution in [0.4, 0.5) is 0 Å². The zero-order valence-corrected chi connectivity index (χ0v) is 18.6. The summed E-state index contributed by atoms with van der Waals surface area (Å²) >= 11 is 0. The van der Waals surface area contributed by atoms with E-state index in [0.717, 1.165) is 37.6 Å². The lowest BCUT2D eigenvalue weighted by Gasteiger charge is -2.20. The number of nitrogens with one attached hydrogen (secondary N) is 2. The Morgan fingerprint density at radius 2 is 1.85 bits per heavy atom. The van der Waals surface area contributed by atoms with Gasteiger partial charge in [0, 0.05) is 20.1 Å². The zero-order chi connectivity index (χ0) is 17.7. The second-order valence-corrected chi connectivity index (χ2v) is 6.64. The van der Waals surface area contributed by atoms with Crippen LogP contribution >= 0.6 is 24.0 Å². The van der Waals surface area contributed by atoms with E-state index in [1.54, 1.807) is 7.11 Å². The van der Waals surface area contributed by atoms with Crippen molar-refractivity contribution in [1.82, 2.24) is 15.5 Å². The first kappa shape index (κ1) is 23.0. The van der Waals surface area contributed by atoms with Gasteiger partial charge in [0.05, 0.1) is 7.11 Å². The van der Waals surface area contributed by atoms with Gasteiger partial charge in [-0.2, -0.15) is 0 Å². The average Bonchev–Trinajstić information content (AvgIpc) is 2.92. The van der Waals surface area contributed by atoms with E-state index >= 15 is 0 Å². The van der Waals surface area contributed by atoms with E-state index in [1.807, 2.05) is 19.2 Å². The van der Waals surface area contributed by atoms with Crippen molar-refractivity contribution in [2.24, 2.45) is 4.99 Å². The smallest absolute Gasteiger partial charge is 0.190 e. The Morgan fingerprint density at radius 1 is 1.12 bits per heavy atom. The Kier molecular flexibility index (Phi) is 12.5. The summed E-state index contributed by atoms with van der Waals surface area (Å²) < 4.78 is 5.27. The maximum Gasteiger partial charge on any atom is 0.190 e. The van der Waals surface area contributed by atoms with Crippen molar-refractivity contribution in [2.75, 3.05) is 46.9 Å². The molecule has 0 radical (unpaired) electrons. The first-order valence-electron chi connectivity index (χ1n) is 9.61. The van der Waals surface area contributed by atoms with Gasteiger partial charge >= 0.3 is 0 Å². The second kappa shape index (κ2) is 14.1. The van der Waals surface area contributed by atoms with Crippen LogP contribution in [-0.4, -0.2) is 57.7 Å². The summed E-state index contributed by atoms with van der Waals surface area (Å²) in [5.74, 6) is 1.80. The highest BCUT2D eigenvalue weighted by atomic mass is 127. The number of hydrogen-bond acceptors (Lipinski definition) is 3. The van der Waals surface area contributed by atoms with Crippen molar-refractivity contribution in [3.05, 3.63) is 29.8 Å². The molecule has 0 atom stereocenters. The lowest BCUT2D eigenvalue weighted by atomic mass is 10.1. The van der Waals surface area contributed by atoms with Gasteiger partial charge in [-0.1, -0.05) is 25.0 Å². The molecule has 0 spiro atoms. The van der Waals surface area contributed by atoms with E-state index in [4.69, 9.17) is 4.74 Å². The predicted molar refractivity (Wildman–Crippen MR) is 121 cm³/mol. The van der Waals surface area contributed by atoms with Crippen molar-refractivity contribution >= 4 is 29.9 Å². The van der Waals surface area contributed by atoms with E-state index in [1.165, 1.54) is 50.9 Å². The molecule has 0 saturated carbocycles. The molecule has 2 N–H and O–H groups in total. The monoisotopic (exact) mass is 474 g/mol. The molecule has 0 unspecified atom stereocenters. The molecule has 1 saturated heterocycles. The highest BCUT2D eigenvalue weighted by Gasteiger charge is 2.08. The Labute approximate surface area is 176 Å². The lowest BCUT2D eigenvalue weighted by Crippen LogP contribution is -2.39. The fourth-order valence-electron chi connectivity index (χ4n) is 3.24. The summed E-state index contributed by atoms with van der Waals surface area (Å²) in [6.07, 6.45) is 7.64. The third-order valence-corrected chi connectivity index (χ3v) is 4.71. The molecule has 1 aliphatic rings. The highest BCUT2D eigenvalue weighted by Crippen LogP contribution is 2.12. The molecule has 1 aromatic carbocycles. The average molecular weight is 474 g/mol. The van der Waals surface area contributed by atoms with Crippen LogP contribution < -0.4 is 15.4 Å². The fraction of sp³-hybridized carbons (Fsp3) is 0.650. The number of rotatable bonds is 8. The molecule has 0 aromatic heterocycles. The summed E-state index contributed by atoms with van der Waals surface area (Å²) in [4.78, 5) is 6.91. The number of likely N-dealkylation sites (tertiary alicyclic amines) is 1. The van der Waals surface area contributed by atoms with Crippen molar-refractivity contribution < 1.29 is 4.74 Å². The number of benzene rings is 1. The van der Waals surface area contributed by atoms with Crippen molar-refractivity contribution in [3.63, 3.8) is 0 Å². The minimum absolute atomic E-state index is 0. The summed E-state index contributed by atoms with van der Waals surface area (Å²) in [6, 6.07) is 8.21. The number of nitrogens with zero attached hydrogens (tertiary/aromatic N) is 2. The quantitative estimate of drug-likeness (QED) is 0.263. The molecule has 1 fully saturated rings. The third kappa shape index (κ3) is 9.07. The Hall–Kier alpha value is -1.02. The van der Waals surface area contributed by atoms with Gasteiger partial charge in [0.2, 0.25) is 0 Å². The van der Waals surface area contributed by atoms with Crippen LogP contribution in [0.1, 0.15) is 37.7 Å². The first-order valence-corrected chi connectivity index (χ1v) is 9.61. The maximum absolute atomic E-state index is 5.27. The van der Waals surface area contributed by atoms with Gasteiger partial charge in [-0.05, 0) is 63.0 Å². The summed E-state index contributed by atoms with van der Waals surface area (Å²) in [5.41, 5.74) is 1.27. The fourth-order valence-corrected chi connectivity index (χ4v) is 3.24. The minimum Gasteiger partial charge on any atom is -0.497 e. The molecule has 2 rings (SSSR count). The molecule has 148 valence electrons. The van der Waals surface area contributed by atoms with Gasteiger partial charge < -0.3 is 20.3 Å². The normalized spacial score (nSPS) is 15.7. The molecule has 0 bridgehead atoms. The largest absolute Gasteiger partial charge is 0.497 e. The Morgan fingerprint density at radius 3 is 2.54 bits per heavy atom. The molecule has 26 heavy (non-hydrogen) atoms. The van der Waals surface area contributed by atoms with E-state index < -0.39 is 0 Å². The van der Waals surface area contributed by atoms with Crippen LogP contribution in [-0.2, 0) is 6.42 Å². The standard InChI is InChI=1S/C20H34N4O.HI/c1-21-20(22-12-8-16-24-14-5-3-4-6-15-24)23-13-11-18-9-7-10-19(17-18)25-2;/h7,9-10,17H,3-6,8,11-16H2,1-2H3,(H2,21,22,23);1H. The van der Waals surface area contributed by atoms with Gasteiger partial charge in [0.25, 0.3) is 0 Å². The van der Waals surface area contributed by atoms with Gasteiger partial charge in [-0.15, -0.1) is 24.0 Å². The number of hydrogen-bond donors (Lipinski definition) is 2. The molecule has 1 aromatic rings. The number of guanidine groups is 1. The topological polar surface area (TPSA) is 48.9 Å². The summed E-state index contributed by atoms with van der Waals surface area (Å²) in [6.45, 7) is 5.56. The SMILES string of the molecule is CN=C(NCCCN1CCCCCC1)NCCc1cccc(OC)c1.I. The molecule has 1 heterocycles. The predicted octanol–water partition coefficient (Wildman–Crippen LogP) is 3.29. The van der Waals surface area contributed by atoms with E-state index in [2.05, 4.69) is 32.7 Å². The summed E-state index contributed by atoms with van der Waals surface area (Å²) in [7, 11) is 3.53. The van der Waals surface area contributed by atoms with Crippen LogP contribution in [0, 0.1) is 0 Å². The van der Waals surface area contributed by atoms with E-state index in [0.29, 0.717) is 0 Å². The van der Waals surface area contributed by atoms with E-state index in [9.17, 15) is 0 Å². The zero-order valence-electron chi connectivity index (χ0n) is 16.3. The molecule has 1 aliphatic heterocycles. The van der Waals surface area contributed by atoms with Crippen molar-refractivity contribution in [2.45, 2.75) is 38.5 Å². The molecule has 0 amide bonds.